The van der Waals surface area contributed by atoms with Crippen LogP contribution in [-0.4, -0.2) is 36.5 Å². The number of aryl methyl sites for hydroxylation is 1. The fraction of sp³-hybridized carbons (Fsp3) is 0.526. The van der Waals surface area contributed by atoms with E-state index in [1.807, 2.05) is 12.1 Å². The number of carboxylic acid groups (broad SMARTS) is 1. The van der Waals surface area contributed by atoms with Crippen molar-refractivity contribution in [2.75, 3.05) is 18.5 Å². The lowest BCUT2D eigenvalue weighted by Gasteiger charge is -2.26. The zero-order valence-electron chi connectivity index (χ0n) is 14.7. The van der Waals surface area contributed by atoms with Crippen molar-refractivity contribution in [1.29, 1.82) is 0 Å². The lowest BCUT2D eigenvalue weighted by Crippen LogP contribution is -2.31. The molecule has 0 aromatic heterocycles. The fourth-order valence-corrected chi connectivity index (χ4v) is 3.03. The molecule has 2 N–H and O–H groups in total. The third kappa shape index (κ3) is 5.59. The Hall–Kier alpha value is -2.37. The average Bonchev–Trinajstić information content (AvgIpc) is 2.59. The molecule has 0 unspecified atom stereocenters. The number of unbranched alkanes of at least 4 members (excludes halogenated alkanes) is 4. The highest BCUT2D eigenvalue weighted by molar-refractivity contribution is 5.98. The van der Waals surface area contributed by atoms with E-state index in [0.29, 0.717) is 31.4 Å². The molecule has 0 aliphatic carbocycles. The Labute approximate surface area is 148 Å². The number of fused-ring (bicyclic) bond motifs is 1. The maximum absolute atomic E-state index is 12.2. The van der Waals surface area contributed by atoms with Crippen molar-refractivity contribution in [3.05, 3.63) is 29.3 Å². The molecule has 6 heteroatoms. The number of aliphatic carboxylic acids is 1. The van der Waals surface area contributed by atoms with Gasteiger partial charge in [0.05, 0.1) is 0 Å². The number of amides is 2. The monoisotopic (exact) mass is 346 g/mol. The summed E-state index contributed by atoms with van der Waals surface area (Å²) in [6, 6.07) is 5.47. The number of hydrogen-bond acceptors (Lipinski definition) is 3. The van der Waals surface area contributed by atoms with E-state index >= 15 is 0 Å². The Morgan fingerprint density at radius 1 is 1.12 bits per heavy atom. The van der Waals surface area contributed by atoms with Gasteiger partial charge in [-0.3, -0.25) is 14.4 Å². The molecule has 1 aromatic rings. The minimum atomic E-state index is -0.743. The molecule has 1 heterocycles. The molecule has 0 atom stereocenters. The van der Waals surface area contributed by atoms with Crippen molar-refractivity contribution in [3.8, 4) is 0 Å². The Kier molecular flexibility index (Phi) is 6.98. The summed E-state index contributed by atoms with van der Waals surface area (Å²) in [6.45, 7) is 0.618. The molecule has 0 radical (unpaired) electrons. The van der Waals surface area contributed by atoms with Crippen LogP contribution in [-0.2, 0) is 16.0 Å². The van der Waals surface area contributed by atoms with Crippen LogP contribution in [0.5, 0.6) is 0 Å². The molecule has 6 nitrogen and oxygen atoms in total. The van der Waals surface area contributed by atoms with Gasteiger partial charge in [0.1, 0.15) is 0 Å². The predicted octanol–water partition coefficient (Wildman–Crippen LogP) is 2.75. The van der Waals surface area contributed by atoms with Gasteiger partial charge < -0.3 is 15.3 Å². The van der Waals surface area contributed by atoms with Gasteiger partial charge in [-0.2, -0.15) is 0 Å². The first-order valence-electron chi connectivity index (χ1n) is 8.88. The number of carbonyl (C=O) groups is 3. The highest BCUT2D eigenvalue weighted by atomic mass is 16.4. The highest BCUT2D eigenvalue weighted by Gasteiger charge is 2.21. The van der Waals surface area contributed by atoms with E-state index in [-0.39, 0.29) is 18.2 Å². The van der Waals surface area contributed by atoms with Gasteiger partial charge >= 0.3 is 5.97 Å². The number of benzene rings is 1. The lowest BCUT2D eigenvalue weighted by atomic mass is 9.99. The van der Waals surface area contributed by atoms with Gasteiger partial charge in [-0.25, -0.2) is 0 Å². The van der Waals surface area contributed by atoms with Crippen LogP contribution < -0.4 is 10.2 Å². The van der Waals surface area contributed by atoms with Crippen molar-refractivity contribution in [1.82, 2.24) is 5.32 Å². The summed E-state index contributed by atoms with van der Waals surface area (Å²) in [5.74, 6) is -0.728. The Bertz CT molecular complexity index is 642. The van der Waals surface area contributed by atoms with E-state index in [1.165, 1.54) is 0 Å². The smallest absolute Gasteiger partial charge is 0.303 e. The van der Waals surface area contributed by atoms with Gasteiger partial charge in [-0.05, 0) is 43.0 Å². The summed E-state index contributed by atoms with van der Waals surface area (Å²) in [7, 11) is 1.76. The number of carbonyl (C=O) groups excluding carboxylic acids is 2. The summed E-state index contributed by atoms with van der Waals surface area (Å²) >= 11 is 0. The van der Waals surface area contributed by atoms with Gasteiger partial charge in [0.25, 0.3) is 5.91 Å². The van der Waals surface area contributed by atoms with Gasteiger partial charge in [-0.15, -0.1) is 0 Å². The van der Waals surface area contributed by atoms with E-state index in [9.17, 15) is 14.4 Å². The lowest BCUT2D eigenvalue weighted by molar-refractivity contribution is -0.137. The van der Waals surface area contributed by atoms with Gasteiger partial charge in [0.2, 0.25) is 5.91 Å². The summed E-state index contributed by atoms with van der Waals surface area (Å²) in [5, 5.41) is 11.5. The summed E-state index contributed by atoms with van der Waals surface area (Å²) in [4.78, 5) is 36.0. The Morgan fingerprint density at radius 3 is 2.60 bits per heavy atom. The summed E-state index contributed by atoms with van der Waals surface area (Å²) in [5.41, 5.74) is 2.55. The number of anilines is 1. The maximum atomic E-state index is 12.2. The number of nitrogens with zero attached hydrogens (tertiary/aromatic N) is 1. The molecule has 0 spiro atoms. The average molecular weight is 346 g/mol. The zero-order valence-corrected chi connectivity index (χ0v) is 14.7. The Morgan fingerprint density at radius 2 is 1.84 bits per heavy atom. The minimum Gasteiger partial charge on any atom is -0.481 e. The SMILES string of the molecule is CN1C(=O)CCc2cc(C(=O)NCCCCCCCC(=O)O)ccc21. The first-order chi connectivity index (χ1) is 12.0. The second-order valence-electron chi connectivity index (χ2n) is 6.46. The second-order valence-corrected chi connectivity index (χ2v) is 6.46. The molecule has 1 aliphatic rings. The molecule has 2 rings (SSSR count). The van der Waals surface area contributed by atoms with E-state index < -0.39 is 5.97 Å². The third-order valence-electron chi connectivity index (χ3n) is 4.54. The van der Waals surface area contributed by atoms with Crippen molar-refractivity contribution >= 4 is 23.5 Å². The van der Waals surface area contributed by atoms with Crippen LogP contribution in [0, 0.1) is 0 Å². The van der Waals surface area contributed by atoms with E-state index in [1.54, 1.807) is 18.0 Å². The van der Waals surface area contributed by atoms with Gasteiger partial charge in [0, 0.05) is 37.7 Å². The molecular formula is C19H26N2O4. The largest absolute Gasteiger partial charge is 0.481 e. The highest BCUT2D eigenvalue weighted by Crippen LogP contribution is 2.27. The Balaban J connectivity index is 1.71. The van der Waals surface area contributed by atoms with Crippen LogP contribution in [0.25, 0.3) is 0 Å². The molecule has 0 bridgehead atoms. The van der Waals surface area contributed by atoms with Crippen LogP contribution in [0.1, 0.15) is 60.9 Å². The first kappa shape index (κ1) is 19.0. The predicted molar refractivity (Wildman–Crippen MR) is 95.8 cm³/mol. The van der Waals surface area contributed by atoms with Gasteiger partial charge in [0.15, 0.2) is 0 Å². The number of rotatable bonds is 9. The zero-order chi connectivity index (χ0) is 18.2. The van der Waals surface area contributed by atoms with Crippen LogP contribution in [0.15, 0.2) is 18.2 Å². The van der Waals surface area contributed by atoms with Crippen molar-refractivity contribution < 1.29 is 19.5 Å². The molecule has 1 aliphatic heterocycles. The molecule has 25 heavy (non-hydrogen) atoms. The standard InChI is InChI=1S/C19H26N2O4/c1-21-16-10-8-15(13-14(16)9-11-17(21)22)19(25)20-12-6-4-2-3-5-7-18(23)24/h8,10,13H,2-7,9,11-12H2,1H3,(H,20,25)(H,23,24). The molecule has 2 amide bonds. The molecular weight excluding hydrogens is 320 g/mol. The third-order valence-corrected chi connectivity index (χ3v) is 4.54. The topological polar surface area (TPSA) is 86.7 Å². The van der Waals surface area contributed by atoms with Crippen LogP contribution >= 0.6 is 0 Å². The number of nitrogens with one attached hydrogen (secondary N) is 1. The molecule has 0 fully saturated rings. The van der Waals surface area contributed by atoms with Crippen molar-refractivity contribution in [2.45, 2.75) is 51.4 Å². The molecule has 0 saturated carbocycles. The van der Waals surface area contributed by atoms with E-state index in [0.717, 1.165) is 36.9 Å². The summed E-state index contributed by atoms with van der Waals surface area (Å²) in [6.07, 6.45) is 5.88. The van der Waals surface area contributed by atoms with Gasteiger partial charge in [-0.1, -0.05) is 19.3 Å². The van der Waals surface area contributed by atoms with E-state index in [2.05, 4.69) is 5.32 Å². The van der Waals surface area contributed by atoms with Crippen molar-refractivity contribution in [3.63, 3.8) is 0 Å². The van der Waals surface area contributed by atoms with Crippen LogP contribution in [0.4, 0.5) is 5.69 Å². The molecule has 1 aromatic carbocycles. The maximum Gasteiger partial charge on any atom is 0.303 e. The molecule has 0 saturated heterocycles. The second kappa shape index (κ2) is 9.20. The fourth-order valence-electron chi connectivity index (χ4n) is 3.03. The van der Waals surface area contributed by atoms with E-state index in [4.69, 9.17) is 5.11 Å². The quantitative estimate of drug-likeness (QED) is 0.673. The first-order valence-corrected chi connectivity index (χ1v) is 8.88. The minimum absolute atomic E-state index is 0.0896. The molecule has 136 valence electrons. The summed E-state index contributed by atoms with van der Waals surface area (Å²) < 4.78 is 0. The number of hydrogen-bond donors (Lipinski definition) is 2. The van der Waals surface area contributed by atoms with Crippen LogP contribution in [0.2, 0.25) is 0 Å². The normalized spacial score (nSPS) is 13.5. The number of carboxylic acids is 1. The van der Waals surface area contributed by atoms with Crippen molar-refractivity contribution in [2.24, 2.45) is 0 Å². The van der Waals surface area contributed by atoms with Crippen LogP contribution in [0.3, 0.4) is 0 Å².